The predicted molar refractivity (Wildman–Crippen MR) is 104 cm³/mol. The van der Waals surface area contributed by atoms with E-state index < -0.39 is 0 Å². The molecule has 2 N–H and O–H groups in total. The zero-order valence-corrected chi connectivity index (χ0v) is 15.6. The minimum absolute atomic E-state index is 0.0124. The van der Waals surface area contributed by atoms with Gasteiger partial charge >= 0.3 is 0 Å². The summed E-state index contributed by atoms with van der Waals surface area (Å²) in [7, 11) is 0. The van der Waals surface area contributed by atoms with Crippen molar-refractivity contribution in [3.8, 4) is 0 Å². The fourth-order valence-corrected chi connectivity index (χ4v) is 3.97. The molecule has 1 fully saturated rings. The fourth-order valence-electron chi connectivity index (χ4n) is 3.97. The number of carbonyl (C=O) groups is 2. The molecule has 0 radical (unpaired) electrons. The standard InChI is InChI=1S/C21H29N3O2/c1-15(23-24-21(26)17-9-3-2-4-10-17)14-20(25)22-19-13-7-11-16-8-5-6-12-18(16)19/h7,11,13,17H,2-6,8-10,12,14H2,1H3,(H,22,25)(H,24,26)/b23-15-. The third-order valence-electron chi connectivity index (χ3n) is 5.42. The maximum absolute atomic E-state index is 12.4. The first-order valence-electron chi connectivity index (χ1n) is 9.87. The second kappa shape index (κ2) is 8.97. The molecule has 1 aromatic rings. The van der Waals surface area contributed by atoms with Gasteiger partial charge in [-0.3, -0.25) is 9.59 Å². The molecule has 26 heavy (non-hydrogen) atoms. The first-order valence-corrected chi connectivity index (χ1v) is 9.87. The molecule has 1 saturated carbocycles. The van der Waals surface area contributed by atoms with Gasteiger partial charge in [-0.15, -0.1) is 0 Å². The molecule has 3 rings (SSSR count). The molecule has 140 valence electrons. The highest BCUT2D eigenvalue weighted by atomic mass is 16.2. The maximum atomic E-state index is 12.4. The highest BCUT2D eigenvalue weighted by molar-refractivity contribution is 6.06. The first-order chi connectivity index (χ1) is 12.6. The zero-order valence-electron chi connectivity index (χ0n) is 15.6. The molecule has 0 spiro atoms. The summed E-state index contributed by atoms with van der Waals surface area (Å²) in [6.07, 6.45) is 10.0. The lowest BCUT2D eigenvalue weighted by Crippen LogP contribution is -2.29. The number of hydrazone groups is 1. The summed E-state index contributed by atoms with van der Waals surface area (Å²) in [5.41, 5.74) is 6.80. The Balaban J connectivity index is 1.52. The summed E-state index contributed by atoms with van der Waals surface area (Å²) < 4.78 is 0. The Kier molecular flexibility index (Phi) is 6.42. The molecular weight excluding hydrogens is 326 g/mol. The zero-order chi connectivity index (χ0) is 18.4. The number of carbonyl (C=O) groups excluding carboxylic acids is 2. The van der Waals surface area contributed by atoms with Crippen molar-refractivity contribution >= 4 is 23.2 Å². The molecule has 2 aliphatic carbocycles. The van der Waals surface area contributed by atoms with Crippen molar-refractivity contribution in [3.63, 3.8) is 0 Å². The van der Waals surface area contributed by atoms with Gasteiger partial charge in [-0.25, -0.2) is 5.43 Å². The number of fused-ring (bicyclic) bond motifs is 1. The minimum atomic E-state index is -0.0860. The summed E-state index contributed by atoms with van der Waals surface area (Å²) in [6, 6.07) is 6.13. The van der Waals surface area contributed by atoms with Crippen LogP contribution >= 0.6 is 0 Å². The number of nitrogens with one attached hydrogen (secondary N) is 2. The third-order valence-corrected chi connectivity index (χ3v) is 5.42. The Morgan fingerprint density at radius 1 is 1.08 bits per heavy atom. The van der Waals surface area contributed by atoms with E-state index in [9.17, 15) is 9.59 Å². The lowest BCUT2D eigenvalue weighted by atomic mass is 9.89. The van der Waals surface area contributed by atoms with Crippen molar-refractivity contribution in [1.29, 1.82) is 0 Å². The van der Waals surface area contributed by atoms with Crippen molar-refractivity contribution in [3.05, 3.63) is 29.3 Å². The summed E-state index contributed by atoms with van der Waals surface area (Å²) in [5, 5.41) is 7.14. The molecule has 5 heteroatoms. The smallest absolute Gasteiger partial charge is 0.243 e. The Bertz CT molecular complexity index is 690. The average molecular weight is 355 g/mol. The molecule has 0 saturated heterocycles. The topological polar surface area (TPSA) is 70.6 Å². The molecule has 0 aliphatic heterocycles. The van der Waals surface area contributed by atoms with E-state index in [2.05, 4.69) is 21.9 Å². The van der Waals surface area contributed by atoms with Gasteiger partial charge in [0.1, 0.15) is 0 Å². The summed E-state index contributed by atoms with van der Waals surface area (Å²) >= 11 is 0. The van der Waals surface area contributed by atoms with Gasteiger partial charge < -0.3 is 5.32 Å². The normalized spacial score (nSPS) is 18.1. The van der Waals surface area contributed by atoms with Crippen LogP contribution in [0.15, 0.2) is 23.3 Å². The second-order valence-electron chi connectivity index (χ2n) is 7.53. The number of hydrogen-bond acceptors (Lipinski definition) is 3. The van der Waals surface area contributed by atoms with Crippen molar-refractivity contribution < 1.29 is 9.59 Å². The van der Waals surface area contributed by atoms with E-state index in [4.69, 9.17) is 0 Å². The van der Waals surface area contributed by atoms with Crippen molar-refractivity contribution in [2.45, 2.75) is 71.1 Å². The van der Waals surface area contributed by atoms with E-state index in [-0.39, 0.29) is 24.2 Å². The molecule has 2 amide bonds. The molecule has 2 aliphatic rings. The van der Waals surface area contributed by atoms with E-state index in [0.717, 1.165) is 44.2 Å². The maximum Gasteiger partial charge on any atom is 0.243 e. The van der Waals surface area contributed by atoms with Gasteiger partial charge in [0.05, 0.1) is 6.42 Å². The molecule has 0 unspecified atom stereocenters. The number of aryl methyl sites for hydroxylation is 1. The van der Waals surface area contributed by atoms with Gasteiger partial charge in [0.15, 0.2) is 0 Å². The third kappa shape index (κ3) is 4.93. The first kappa shape index (κ1) is 18.6. The summed E-state index contributed by atoms with van der Waals surface area (Å²) in [5.74, 6) is -0.0244. The highest BCUT2D eigenvalue weighted by Gasteiger charge is 2.21. The quantitative estimate of drug-likeness (QED) is 0.620. The molecule has 1 aromatic carbocycles. The molecule has 0 heterocycles. The lowest BCUT2D eigenvalue weighted by Gasteiger charge is -2.20. The van der Waals surface area contributed by atoms with Gasteiger partial charge in [0, 0.05) is 17.3 Å². The van der Waals surface area contributed by atoms with Gasteiger partial charge in [-0.2, -0.15) is 5.10 Å². The van der Waals surface area contributed by atoms with E-state index in [1.807, 2.05) is 12.1 Å². The van der Waals surface area contributed by atoms with Crippen LogP contribution in [-0.4, -0.2) is 17.5 Å². The second-order valence-corrected chi connectivity index (χ2v) is 7.53. The van der Waals surface area contributed by atoms with E-state index in [0.29, 0.717) is 5.71 Å². The van der Waals surface area contributed by atoms with Crippen LogP contribution in [-0.2, 0) is 22.4 Å². The highest BCUT2D eigenvalue weighted by Crippen LogP contribution is 2.28. The molecule has 0 atom stereocenters. The van der Waals surface area contributed by atoms with E-state index in [1.165, 1.54) is 30.4 Å². The molecule has 0 aromatic heterocycles. The van der Waals surface area contributed by atoms with Crippen LogP contribution in [0.25, 0.3) is 0 Å². The van der Waals surface area contributed by atoms with Crippen LogP contribution in [0.1, 0.15) is 69.4 Å². The molecular formula is C21H29N3O2. The van der Waals surface area contributed by atoms with Gasteiger partial charge in [0.2, 0.25) is 11.8 Å². The number of amides is 2. The van der Waals surface area contributed by atoms with Crippen LogP contribution in [0.2, 0.25) is 0 Å². The molecule has 0 bridgehead atoms. The predicted octanol–water partition coefficient (Wildman–Crippen LogP) is 3.97. The SMILES string of the molecule is C/C(CC(=O)Nc1cccc2c1CCCC2)=N/NC(=O)C1CCCCC1. The Morgan fingerprint density at radius 2 is 1.85 bits per heavy atom. The molecule has 5 nitrogen and oxygen atoms in total. The number of anilines is 1. The van der Waals surface area contributed by atoms with Gasteiger partial charge in [0.25, 0.3) is 0 Å². The summed E-state index contributed by atoms with van der Waals surface area (Å²) in [4.78, 5) is 24.5. The van der Waals surface area contributed by atoms with Gasteiger partial charge in [-0.1, -0.05) is 31.4 Å². The van der Waals surface area contributed by atoms with Crippen LogP contribution in [0.4, 0.5) is 5.69 Å². The Hall–Kier alpha value is -2.17. The Labute approximate surface area is 155 Å². The van der Waals surface area contributed by atoms with Crippen molar-refractivity contribution in [2.75, 3.05) is 5.32 Å². The number of benzene rings is 1. The number of rotatable bonds is 5. The van der Waals surface area contributed by atoms with Crippen molar-refractivity contribution in [1.82, 2.24) is 5.43 Å². The van der Waals surface area contributed by atoms with E-state index in [1.54, 1.807) is 6.92 Å². The monoisotopic (exact) mass is 355 g/mol. The number of nitrogens with zero attached hydrogens (tertiary/aromatic N) is 1. The minimum Gasteiger partial charge on any atom is -0.325 e. The summed E-state index contributed by atoms with van der Waals surface area (Å²) in [6.45, 7) is 1.78. The largest absolute Gasteiger partial charge is 0.325 e. The Morgan fingerprint density at radius 3 is 2.65 bits per heavy atom. The van der Waals surface area contributed by atoms with Crippen LogP contribution < -0.4 is 10.7 Å². The van der Waals surface area contributed by atoms with Crippen LogP contribution in [0.5, 0.6) is 0 Å². The van der Waals surface area contributed by atoms with Crippen LogP contribution in [0.3, 0.4) is 0 Å². The van der Waals surface area contributed by atoms with Gasteiger partial charge in [-0.05, 0) is 62.6 Å². The van der Waals surface area contributed by atoms with Crippen molar-refractivity contribution in [2.24, 2.45) is 11.0 Å². The fraction of sp³-hybridized carbons (Fsp3) is 0.571. The lowest BCUT2D eigenvalue weighted by molar-refractivity contribution is -0.126. The van der Waals surface area contributed by atoms with Crippen LogP contribution in [0, 0.1) is 5.92 Å². The number of hydrogen-bond donors (Lipinski definition) is 2. The van der Waals surface area contributed by atoms with E-state index >= 15 is 0 Å². The average Bonchev–Trinajstić information content (AvgIpc) is 2.67.